The summed E-state index contributed by atoms with van der Waals surface area (Å²) in [5.74, 6) is 0.829. The van der Waals surface area contributed by atoms with Crippen molar-refractivity contribution in [2.75, 3.05) is 0 Å². The number of aromatic nitrogens is 2. The van der Waals surface area contributed by atoms with Gasteiger partial charge in [0.15, 0.2) is 0 Å². The molecule has 0 amide bonds. The summed E-state index contributed by atoms with van der Waals surface area (Å²) in [7, 11) is 0. The second-order valence-electron chi connectivity index (χ2n) is 5.17. The molecule has 0 fully saturated rings. The molecule has 96 valence electrons. The Kier molecular flexibility index (Phi) is 2.27. The lowest BCUT2D eigenvalue weighted by atomic mass is 9.96. The molecule has 0 bridgehead atoms. The van der Waals surface area contributed by atoms with Crippen LogP contribution in [0.25, 0.3) is 32.4 Å². The molecular formula is C18H14N2. The third kappa shape index (κ3) is 1.45. The molecule has 4 aromatic rings. The normalized spacial score (nSPS) is 11.5. The van der Waals surface area contributed by atoms with Crippen LogP contribution in [0, 0.1) is 13.8 Å². The lowest BCUT2D eigenvalue weighted by Crippen LogP contribution is -1.95. The standard InChI is InChI=1S/C18H14N2/c1-11-17-15-9-5-3-7-13(15)14-8-4-6-10-16(14)18(17)20-12(2)19-11/h3-10H,1-2H3. The van der Waals surface area contributed by atoms with E-state index in [9.17, 15) is 0 Å². The Morgan fingerprint density at radius 3 is 1.90 bits per heavy atom. The van der Waals surface area contributed by atoms with Crippen LogP contribution in [-0.4, -0.2) is 9.97 Å². The van der Waals surface area contributed by atoms with E-state index in [4.69, 9.17) is 4.98 Å². The molecule has 2 nitrogen and oxygen atoms in total. The minimum Gasteiger partial charge on any atom is -0.238 e. The monoisotopic (exact) mass is 258 g/mol. The van der Waals surface area contributed by atoms with Crippen LogP contribution >= 0.6 is 0 Å². The van der Waals surface area contributed by atoms with Gasteiger partial charge in [0, 0.05) is 16.5 Å². The summed E-state index contributed by atoms with van der Waals surface area (Å²) in [4.78, 5) is 9.25. The van der Waals surface area contributed by atoms with E-state index in [-0.39, 0.29) is 0 Å². The molecule has 4 rings (SSSR count). The van der Waals surface area contributed by atoms with Crippen LogP contribution in [0.3, 0.4) is 0 Å². The molecule has 0 spiro atoms. The molecule has 0 aliphatic heterocycles. The van der Waals surface area contributed by atoms with Crippen LogP contribution in [0.4, 0.5) is 0 Å². The topological polar surface area (TPSA) is 25.8 Å². The molecule has 0 unspecified atom stereocenters. The fourth-order valence-electron chi connectivity index (χ4n) is 3.09. The number of nitrogens with zero attached hydrogens (tertiary/aromatic N) is 2. The molecular weight excluding hydrogens is 244 g/mol. The zero-order valence-corrected chi connectivity index (χ0v) is 11.5. The van der Waals surface area contributed by atoms with Gasteiger partial charge in [0.2, 0.25) is 0 Å². The van der Waals surface area contributed by atoms with Crippen molar-refractivity contribution >= 4 is 32.4 Å². The van der Waals surface area contributed by atoms with Gasteiger partial charge >= 0.3 is 0 Å². The number of aryl methyl sites for hydroxylation is 2. The molecule has 0 N–H and O–H groups in total. The third-order valence-electron chi connectivity index (χ3n) is 3.87. The van der Waals surface area contributed by atoms with Crippen molar-refractivity contribution in [3.63, 3.8) is 0 Å². The molecule has 0 aliphatic carbocycles. The highest BCUT2D eigenvalue weighted by Gasteiger charge is 2.11. The van der Waals surface area contributed by atoms with Gasteiger partial charge in [0.25, 0.3) is 0 Å². The zero-order chi connectivity index (χ0) is 13.7. The van der Waals surface area contributed by atoms with E-state index in [2.05, 4.69) is 60.4 Å². The SMILES string of the molecule is Cc1nc(C)c2c3ccccc3c3ccccc3c2n1. The molecule has 0 radical (unpaired) electrons. The Morgan fingerprint density at radius 2 is 1.20 bits per heavy atom. The maximum Gasteiger partial charge on any atom is 0.126 e. The summed E-state index contributed by atoms with van der Waals surface area (Å²) in [6, 6.07) is 17.0. The Bertz CT molecular complexity index is 971. The summed E-state index contributed by atoms with van der Waals surface area (Å²) in [5, 5.41) is 6.14. The summed E-state index contributed by atoms with van der Waals surface area (Å²) < 4.78 is 0. The van der Waals surface area contributed by atoms with Crippen LogP contribution in [-0.2, 0) is 0 Å². The average Bonchev–Trinajstić information content (AvgIpc) is 2.47. The van der Waals surface area contributed by atoms with Gasteiger partial charge < -0.3 is 0 Å². The van der Waals surface area contributed by atoms with Crippen molar-refractivity contribution in [2.45, 2.75) is 13.8 Å². The highest BCUT2D eigenvalue weighted by molar-refractivity contribution is 6.24. The van der Waals surface area contributed by atoms with Crippen molar-refractivity contribution in [1.29, 1.82) is 0 Å². The number of fused-ring (bicyclic) bond motifs is 6. The van der Waals surface area contributed by atoms with E-state index >= 15 is 0 Å². The average molecular weight is 258 g/mol. The van der Waals surface area contributed by atoms with Gasteiger partial charge in [0.1, 0.15) is 5.82 Å². The highest BCUT2D eigenvalue weighted by Crippen LogP contribution is 2.34. The minimum absolute atomic E-state index is 0.829. The second kappa shape index (κ2) is 4.01. The third-order valence-corrected chi connectivity index (χ3v) is 3.87. The van der Waals surface area contributed by atoms with E-state index in [0.717, 1.165) is 17.0 Å². The first kappa shape index (κ1) is 11.4. The fourth-order valence-corrected chi connectivity index (χ4v) is 3.09. The second-order valence-corrected chi connectivity index (χ2v) is 5.17. The maximum absolute atomic E-state index is 4.70. The predicted octanol–water partition coefficient (Wildman–Crippen LogP) is 4.55. The van der Waals surface area contributed by atoms with E-state index < -0.39 is 0 Å². The predicted molar refractivity (Wildman–Crippen MR) is 84.0 cm³/mol. The highest BCUT2D eigenvalue weighted by atomic mass is 14.9. The number of hydrogen-bond acceptors (Lipinski definition) is 2. The first-order valence-electron chi connectivity index (χ1n) is 6.80. The Morgan fingerprint density at radius 1 is 0.650 bits per heavy atom. The van der Waals surface area contributed by atoms with Crippen LogP contribution in [0.5, 0.6) is 0 Å². The summed E-state index contributed by atoms with van der Waals surface area (Å²) in [6.45, 7) is 4.02. The van der Waals surface area contributed by atoms with Gasteiger partial charge in [-0.15, -0.1) is 0 Å². The van der Waals surface area contributed by atoms with Crippen molar-refractivity contribution in [1.82, 2.24) is 9.97 Å². The molecule has 0 saturated heterocycles. The first-order valence-corrected chi connectivity index (χ1v) is 6.80. The van der Waals surface area contributed by atoms with Gasteiger partial charge in [-0.05, 0) is 30.0 Å². The summed E-state index contributed by atoms with van der Waals surface area (Å²) in [6.07, 6.45) is 0. The van der Waals surface area contributed by atoms with E-state index in [1.165, 1.54) is 26.9 Å². The molecule has 1 aromatic heterocycles. The number of benzene rings is 3. The van der Waals surface area contributed by atoms with Gasteiger partial charge in [0.05, 0.1) is 5.52 Å². The van der Waals surface area contributed by atoms with Crippen LogP contribution in [0.2, 0.25) is 0 Å². The molecule has 0 aliphatic rings. The summed E-state index contributed by atoms with van der Waals surface area (Å²) in [5.41, 5.74) is 2.11. The number of hydrogen-bond donors (Lipinski definition) is 0. The molecule has 20 heavy (non-hydrogen) atoms. The number of rotatable bonds is 0. The van der Waals surface area contributed by atoms with Crippen molar-refractivity contribution in [2.24, 2.45) is 0 Å². The molecule has 1 heterocycles. The molecule has 2 heteroatoms. The lowest BCUT2D eigenvalue weighted by Gasteiger charge is -2.11. The summed E-state index contributed by atoms with van der Waals surface area (Å²) >= 11 is 0. The van der Waals surface area contributed by atoms with E-state index in [0.29, 0.717) is 0 Å². The van der Waals surface area contributed by atoms with Crippen LogP contribution in [0.15, 0.2) is 48.5 Å². The minimum atomic E-state index is 0.829. The molecule has 0 saturated carbocycles. The first-order chi connectivity index (χ1) is 9.75. The largest absolute Gasteiger partial charge is 0.238 e. The maximum atomic E-state index is 4.70. The van der Waals surface area contributed by atoms with E-state index in [1.807, 2.05) is 6.92 Å². The van der Waals surface area contributed by atoms with Crippen LogP contribution in [0.1, 0.15) is 11.5 Å². The van der Waals surface area contributed by atoms with Gasteiger partial charge in [-0.2, -0.15) is 0 Å². The fraction of sp³-hybridized carbons (Fsp3) is 0.111. The lowest BCUT2D eigenvalue weighted by molar-refractivity contribution is 1.05. The molecule has 3 aromatic carbocycles. The van der Waals surface area contributed by atoms with Crippen molar-refractivity contribution in [3.05, 3.63) is 60.0 Å². The van der Waals surface area contributed by atoms with Crippen molar-refractivity contribution in [3.8, 4) is 0 Å². The quantitative estimate of drug-likeness (QED) is 0.432. The van der Waals surface area contributed by atoms with E-state index in [1.54, 1.807) is 0 Å². The smallest absolute Gasteiger partial charge is 0.126 e. The van der Waals surface area contributed by atoms with Gasteiger partial charge in [-0.25, -0.2) is 9.97 Å². The van der Waals surface area contributed by atoms with Crippen molar-refractivity contribution < 1.29 is 0 Å². The van der Waals surface area contributed by atoms with Crippen LogP contribution < -0.4 is 0 Å². The zero-order valence-electron chi connectivity index (χ0n) is 11.5. The van der Waals surface area contributed by atoms with Gasteiger partial charge in [-0.3, -0.25) is 0 Å². The Labute approximate surface area is 117 Å². The molecule has 0 atom stereocenters. The van der Waals surface area contributed by atoms with Gasteiger partial charge in [-0.1, -0.05) is 48.5 Å². The Hall–Kier alpha value is -2.48. The Balaban J connectivity index is 2.46.